The summed E-state index contributed by atoms with van der Waals surface area (Å²) in [5, 5.41) is 0. The SMILES string of the molecule is O=C(c1cc(Br)ccc1F)N1CCS(=O)CC1. The lowest BCUT2D eigenvalue weighted by atomic mass is 10.2. The fraction of sp³-hybridized carbons (Fsp3) is 0.364. The third-order valence-electron chi connectivity index (χ3n) is 2.62. The maximum Gasteiger partial charge on any atom is 0.256 e. The maximum absolute atomic E-state index is 13.5. The van der Waals surface area contributed by atoms with Crippen molar-refractivity contribution in [1.29, 1.82) is 0 Å². The van der Waals surface area contributed by atoms with Crippen LogP contribution in [0.2, 0.25) is 0 Å². The summed E-state index contributed by atoms with van der Waals surface area (Å²) in [5.41, 5.74) is 0.0621. The molecule has 1 heterocycles. The lowest BCUT2D eigenvalue weighted by molar-refractivity contribution is 0.0766. The first-order valence-electron chi connectivity index (χ1n) is 5.17. The second-order valence-corrected chi connectivity index (χ2v) is 6.38. The van der Waals surface area contributed by atoms with Gasteiger partial charge in [-0.15, -0.1) is 0 Å². The smallest absolute Gasteiger partial charge is 0.256 e. The lowest BCUT2D eigenvalue weighted by Crippen LogP contribution is -2.42. The van der Waals surface area contributed by atoms with Crippen LogP contribution in [0.1, 0.15) is 10.4 Å². The molecular formula is C11H11BrFNO2S. The number of rotatable bonds is 1. The van der Waals surface area contributed by atoms with Crippen LogP contribution in [0, 0.1) is 5.82 Å². The molecule has 0 atom stereocenters. The van der Waals surface area contributed by atoms with E-state index in [9.17, 15) is 13.4 Å². The van der Waals surface area contributed by atoms with E-state index in [4.69, 9.17) is 0 Å². The van der Waals surface area contributed by atoms with Crippen molar-refractivity contribution < 1.29 is 13.4 Å². The van der Waals surface area contributed by atoms with Crippen molar-refractivity contribution in [3.8, 4) is 0 Å². The molecule has 92 valence electrons. The van der Waals surface area contributed by atoms with E-state index in [0.29, 0.717) is 29.1 Å². The quantitative estimate of drug-likeness (QED) is 0.791. The zero-order chi connectivity index (χ0) is 12.4. The van der Waals surface area contributed by atoms with Gasteiger partial charge in [-0.3, -0.25) is 9.00 Å². The molecule has 0 radical (unpaired) electrons. The van der Waals surface area contributed by atoms with E-state index in [0.717, 1.165) is 0 Å². The lowest BCUT2D eigenvalue weighted by Gasteiger charge is -2.26. The van der Waals surface area contributed by atoms with E-state index in [1.54, 1.807) is 11.0 Å². The van der Waals surface area contributed by atoms with E-state index >= 15 is 0 Å². The summed E-state index contributed by atoms with van der Waals surface area (Å²) in [5.74, 6) is 0.0910. The number of carbonyl (C=O) groups is 1. The normalized spacial score (nSPS) is 17.2. The number of hydrogen-bond acceptors (Lipinski definition) is 2. The van der Waals surface area contributed by atoms with Gasteiger partial charge in [0.15, 0.2) is 0 Å². The average molecular weight is 320 g/mol. The highest BCUT2D eigenvalue weighted by atomic mass is 79.9. The zero-order valence-corrected chi connectivity index (χ0v) is 11.4. The number of carbonyl (C=O) groups excluding carboxylic acids is 1. The van der Waals surface area contributed by atoms with Crippen molar-refractivity contribution in [2.75, 3.05) is 24.6 Å². The van der Waals surface area contributed by atoms with E-state index in [2.05, 4.69) is 15.9 Å². The topological polar surface area (TPSA) is 37.4 Å². The fourth-order valence-corrected chi connectivity index (χ4v) is 3.09. The van der Waals surface area contributed by atoms with Gasteiger partial charge in [-0.25, -0.2) is 4.39 Å². The van der Waals surface area contributed by atoms with Crippen molar-refractivity contribution in [3.05, 3.63) is 34.1 Å². The number of amides is 1. The van der Waals surface area contributed by atoms with Gasteiger partial charge in [0.2, 0.25) is 0 Å². The molecule has 17 heavy (non-hydrogen) atoms. The van der Waals surface area contributed by atoms with Crippen LogP contribution < -0.4 is 0 Å². The Kier molecular flexibility index (Phi) is 3.93. The Morgan fingerprint density at radius 1 is 1.35 bits per heavy atom. The largest absolute Gasteiger partial charge is 0.337 e. The highest BCUT2D eigenvalue weighted by molar-refractivity contribution is 9.10. The number of halogens is 2. The molecule has 0 aromatic heterocycles. The van der Waals surface area contributed by atoms with Gasteiger partial charge >= 0.3 is 0 Å². The first-order valence-corrected chi connectivity index (χ1v) is 7.45. The van der Waals surface area contributed by atoms with Crippen molar-refractivity contribution in [2.24, 2.45) is 0 Å². The molecule has 2 rings (SSSR count). The Balaban J connectivity index is 2.19. The van der Waals surface area contributed by atoms with Crippen LogP contribution in [-0.2, 0) is 10.8 Å². The van der Waals surface area contributed by atoms with Gasteiger partial charge in [-0.05, 0) is 18.2 Å². The van der Waals surface area contributed by atoms with Gasteiger partial charge in [0.05, 0.1) is 5.56 Å². The summed E-state index contributed by atoms with van der Waals surface area (Å²) < 4.78 is 25.4. The minimum absolute atomic E-state index is 0.0621. The Bertz CT molecular complexity index is 471. The maximum atomic E-state index is 13.5. The molecule has 1 amide bonds. The van der Waals surface area contributed by atoms with Gasteiger partial charge in [-0.1, -0.05) is 15.9 Å². The Labute approximate surface area is 110 Å². The molecule has 1 fully saturated rings. The minimum atomic E-state index is -0.840. The van der Waals surface area contributed by atoms with Crippen molar-refractivity contribution in [2.45, 2.75) is 0 Å². The molecule has 0 aliphatic carbocycles. The van der Waals surface area contributed by atoms with Crippen LogP contribution in [0.4, 0.5) is 4.39 Å². The molecule has 0 N–H and O–H groups in total. The van der Waals surface area contributed by atoms with Crippen LogP contribution in [0.5, 0.6) is 0 Å². The summed E-state index contributed by atoms with van der Waals surface area (Å²) in [4.78, 5) is 13.6. The van der Waals surface area contributed by atoms with Gasteiger partial charge < -0.3 is 4.90 Å². The second-order valence-electron chi connectivity index (χ2n) is 3.76. The minimum Gasteiger partial charge on any atom is -0.337 e. The third kappa shape index (κ3) is 2.93. The van der Waals surface area contributed by atoms with Gasteiger partial charge in [0, 0.05) is 39.9 Å². The molecule has 0 bridgehead atoms. The van der Waals surface area contributed by atoms with E-state index < -0.39 is 16.6 Å². The van der Waals surface area contributed by atoms with Gasteiger partial charge in [0.1, 0.15) is 5.82 Å². The summed E-state index contributed by atoms with van der Waals surface area (Å²) >= 11 is 3.21. The molecule has 1 aliphatic heterocycles. The number of hydrogen-bond donors (Lipinski definition) is 0. The van der Waals surface area contributed by atoms with E-state index in [-0.39, 0.29) is 11.5 Å². The van der Waals surface area contributed by atoms with Crippen LogP contribution in [-0.4, -0.2) is 39.6 Å². The number of nitrogens with zero attached hydrogens (tertiary/aromatic N) is 1. The van der Waals surface area contributed by atoms with Gasteiger partial charge in [0.25, 0.3) is 5.91 Å². The van der Waals surface area contributed by atoms with Crippen LogP contribution in [0.3, 0.4) is 0 Å². The molecule has 0 saturated carbocycles. The first kappa shape index (κ1) is 12.7. The number of benzene rings is 1. The summed E-state index contributed by atoms with van der Waals surface area (Å²) in [6, 6.07) is 4.29. The molecule has 1 aliphatic rings. The zero-order valence-electron chi connectivity index (χ0n) is 8.99. The first-order chi connectivity index (χ1) is 8.08. The van der Waals surface area contributed by atoms with Gasteiger partial charge in [-0.2, -0.15) is 0 Å². The highest BCUT2D eigenvalue weighted by Gasteiger charge is 2.23. The molecular weight excluding hydrogens is 309 g/mol. The standard InChI is InChI=1S/C11H11BrFNO2S/c12-8-1-2-10(13)9(7-8)11(15)14-3-5-17(16)6-4-14/h1-2,7H,3-6H2. The molecule has 0 unspecified atom stereocenters. The summed E-state index contributed by atoms with van der Waals surface area (Å²) in [6.45, 7) is 0.856. The van der Waals surface area contributed by atoms with Crippen LogP contribution in [0.25, 0.3) is 0 Å². The second kappa shape index (κ2) is 5.27. The third-order valence-corrected chi connectivity index (χ3v) is 4.39. The predicted octanol–water partition coefficient (Wildman–Crippen LogP) is 1.79. The summed E-state index contributed by atoms with van der Waals surface area (Å²) in [7, 11) is -0.840. The van der Waals surface area contributed by atoms with E-state index in [1.165, 1.54) is 12.1 Å². The van der Waals surface area contributed by atoms with Crippen molar-refractivity contribution in [3.63, 3.8) is 0 Å². The molecule has 1 aromatic carbocycles. The van der Waals surface area contributed by atoms with Crippen molar-refractivity contribution >= 4 is 32.6 Å². The van der Waals surface area contributed by atoms with Crippen molar-refractivity contribution in [1.82, 2.24) is 4.90 Å². The molecule has 6 heteroatoms. The monoisotopic (exact) mass is 319 g/mol. The molecule has 1 aromatic rings. The molecule has 3 nitrogen and oxygen atoms in total. The Morgan fingerprint density at radius 3 is 2.65 bits per heavy atom. The predicted molar refractivity (Wildman–Crippen MR) is 67.9 cm³/mol. The average Bonchev–Trinajstić information content (AvgIpc) is 2.32. The fourth-order valence-electron chi connectivity index (χ4n) is 1.67. The molecule has 1 saturated heterocycles. The molecule has 0 spiro atoms. The van der Waals surface area contributed by atoms with Crippen LogP contribution >= 0.6 is 15.9 Å². The Hall–Kier alpha value is -0.750. The highest BCUT2D eigenvalue weighted by Crippen LogP contribution is 2.18. The summed E-state index contributed by atoms with van der Waals surface area (Å²) in [6.07, 6.45) is 0. The Morgan fingerprint density at radius 2 is 2.00 bits per heavy atom. The van der Waals surface area contributed by atoms with Crippen LogP contribution in [0.15, 0.2) is 22.7 Å². The van der Waals surface area contributed by atoms with E-state index in [1.807, 2.05) is 0 Å².